The monoisotopic (exact) mass is 496 g/mol. The van der Waals surface area contributed by atoms with Crippen molar-refractivity contribution in [3.8, 4) is 5.75 Å². The molecule has 0 radical (unpaired) electrons. The topological polar surface area (TPSA) is 101 Å². The van der Waals surface area contributed by atoms with Crippen molar-refractivity contribution in [3.05, 3.63) is 63.8 Å². The zero-order chi connectivity index (χ0) is 24.7. The minimum atomic E-state index is -0.774. The van der Waals surface area contributed by atoms with Crippen LogP contribution in [0, 0.1) is 12.8 Å². The number of nitrogens with one attached hydrogen (secondary N) is 2. The average Bonchev–Trinajstić information content (AvgIpc) is 3.45. The number of H-pyrrole nitrogens is 1. The SMILES string of the molecule is COc1ccc2[nH]c(C(=O)NC3(c4ccc(C(C(=O)O)C5CCCC5)cc4)COC3)c(C)c2c1Cl. The Morgan fingerprint density at radius 2 is 1.86 bits per heavy atom. The van der Waals surface area contributed by atoms with Gasteiger partial charge >= 0.3 is 5.97 Å². The molecule has 2 aliphatic rings. The number of ether oxygens (including phenoxy) is 2. The van der Waals surface area contributed by atoms with Crippen molar-refractivity contribution in [1.82, 2.24) is 10.3 Å². The second kappa shape index (κ2) is 9.21. The molecule has 8 heteroatoms. The molecule has 0 bridgehead atoms. The molecule has 2 fully saturated rings. The molecule has 1 saturated carbocycles. The first kappa shape index (κ1) is 23.7. The maximum Gasteiger partial charge on any atom is 0.311 e. The Bertz CT molecular complexity index is 1270. The Morgan fingerprint density at radius 3 is 2.43 bits per heavy atom. The molecule has 3 aromatic rings. The zero-order valence-electron chi connectivity index (χ0n) is 19.8. The van der Waals surface area contributed by atoms with Crippen LogP contribution in [-0.2, 0) is 15.1 Å². The summed E-state index contributed by atoms with van der Waals surface area (Å²) in [5, 5.41) is 14.2. The minimum Gasteiger partial charge on any atom is -0.495 e. The smallest absolute Gasteiger partial charge is 0.311 e. The summed E-state index contributed by atoms with van der Waals surface area (Å²) < 4.78 is 10.8. The number of hydrogen-bond acceptors (Lipinski definition) is 4. The number of aliphatic carboxylic acids is 1. The maximum absolute atomic E-state index is 13.4. The van der Waals surface area contributed by atoms with Crippen LogP contribution in [0.4, 0.5) is 0 Å². The average molecular weight is 497 g/mol. The van der Waals surface area contributed by atoms with E-state index in [1.54, 1.807) is 13.2 Å². The first-order chi connectivity index (χ1) is 16.8. The van der Waals surface area contributed by atoms with Crippen LogP contribution in [0.25, 0.3) is 10.9 Å². The third-order valence-corrected chi connectivity index (χ3v) is 7.95. The maximum atomic E-state index is 13.4. The molecule has 1 aromatic heterocycles. The standard InChI is InChI=1S/C27H29ClN2O5/c1-15-21-19(11-12-20(34-2)23(21)28)29-24(15)25(31)30-27(13-35-14-27)18-9-7-17(8-10-18)22(26(32)33)16-5-3-4-6-16/h7-12,16,22,29H,3-6,13-14H2,1-2H3,(H,30,31)(H,32,33). The second-order valence-electron chi connectivity index (χ2n) is 9.64. The summed E-state index contributed by atoms with van der Waals surface area (Å²) in [6, 6.07) is 11.2. The molecule has 35 heavy (non-hydrogen) atoms. The fourth-order valence-electron chi connectivity index (χ4n) is 5.58. The van der Waals surface area contributed by atoms with Crippen LogP contribution in [0.2, 0.25) is 5.02 Å². The van der Waals surface area contributed by atoms with Crippen LogP contribution in [0.3, 0.4) is 0 Å². The zero-order valence-corrected chi connectivity index (χ0v) is 20.6. The fraction of sp³-hybridized carbons (Fsp3) is 0.407. The van der Waals surface area contributed by atoms with Gasteiger partial charge in [-0.05, 0) is 54.5 Å². The van der Waals surface area contributed by atoms with Crippen molar-refractivity contribution in [3.63, 3.8) is 0 Å². The summed E-state index contributed by atoms with van der Waals surface area (Å²) in [6.07, 6.45) is 4.08. The van der Waals surface area contributed by atoms with Gasteiger partial charge in [-0.1, -0.05) is 48.7 Å². The Morgan fingerprint density at radius 1 is 1.17 bits per heavy atom. The van der Waals surface area contributed by atoms with Crippen molar-refractivity contribution in [1.29, 1.82) is 0 Å². The molecule has 1 atom stereocenters. The number of carboxylic acids is 1. The number of methoxy groups -OCH3 is 1. The fourth-order valence-corrected chi connectivity index (χ4v) is 5.96. The number of aromatic amines is 1. The summed E-state index contributed by atoms with van der Waals surface area (Å²) in [4.78, 5) is 28.6. The van der Waals surface area contributed by atoms with E-state index in [0.29, 0.717) is 29.7 Å². The van der Waals surface area contributed by atoms with E-state index in [-0.39, 0.29) is 11.8 Å². The van der Waals surface area contributed by atoms with Crippen LogP contribution in [0.1, 0.15) is 58.8 Å². The Labute approximate surface area is 208 Å². The number of halogens is 1. The van der Waals surface area contributed by atoms with Crippen molar-refractivity contribution in [2.24, 2.45) is 5.92 Å². The molecular formula is C27H29ClN2O5. The van der Waals surface area contributed by atoms with Gasteiger partial charge in [-0.2, -0.15) is 0 Å². The van der Waals surface area contributed by atoms with Crippen molar-refractivity contribution in [2.45, 2.75) is 44.1 Å². The van der Waals surface area contributed by atoms with E-state index >= 15 is 0 Å². The van der Waals surface area contributed by atoms with Gasteiger partial charge in [0.2, 0.25) is 0 Å². The summed E-state index contributed by atoms with van der Waals surface area (Å²) >= 11 is 6.50. The number of aromatic nitrogens is 1. The Hall–Kier alpha value is -3.03. The third kappa shape index (κ3) is 4.06. The van der Waals surface area contributed by atoms with Gasteiger partial charge in [-0.25, -0.2) is 0 Å². The van der Waals surface area contributed by atoms with Gasteiger partial charge in [0.05, 0.1) is 31.3 Å². The summed E-state index contributed by atoms with van der Waals surface area (Å²) in [5.74, 6) is -0.797. The minimum absolute atomic E-state index is 0.175. The highest BCUT2D eigenvalue weighted by molar-refractivity contribution is 6.37. The normalized spacial score (nSPS) is 18.3. The number of hydrogen-bond donors (Lipinski definition) is 3. The van der Waals surface area contributed by atoms with Crippen LogP contribution >= 0.6 is 11.6 Å². The molecule has 2 heterocycles. The predicted octanol–water partition coefficient (Wildman–Crippen LogP) is 5.15. The lowest BCUT2D eigenvalue weighted by Crippen LogP contribution is -2.59. The number of carbonyl (C=O) groups excluding carboxylic acids is 1. The van der Waals surface area contributed by atoms with E-state index < -0.39 is 17.4 Å². The van der Waals surface area contributed by atoms with E-state index in [1.165, 1.54) is 0 Å². The molecular weight excluding hydrogens is 468 g/mol. The molecule has 1 aliphatic heterocycles. The summed E-state index contributed by atoms with van der Waals surface area (Å²) in [7, 11) is 1.56. The third-order valence-electron chi connectivity index (χ3n) is 7.57. The number of aryl methyl sites for hydroxylation is 1. The molecule has 1 amide bonds. The van der Waals surface area contributed by atoms with E-state index in [1.807, 2.05) is 37.3 Å². The quantitative estimate of drug-likeness (QED) is 0.420. The van der Waals surface area contributed by atoms with Gasteiger partial charge < -0.3 is 24.9 Å². The largest absolute Gasteiger partial charge is 0.495 e. The first-order valence-electron chi connectivity index (χ1n) is 11.9. The Kier molecular flexibility index (Phi) is 6.23. The van der Waals surface area contributed by atoms with Crippen molar-refractivity contribution < 1.29 is 24.2 Å². The van der Waals surface area contributed by atoms with E-state index in [4.69, 9.17) is 21.1 Å². The van der Waals surface area contributed by atoms with E-state index in [9.17, 15) is 14.7 Å². The molecule has 1 saturated heterocycles. The highest BCUT2D eigenvalue weighted by Gasteiger charge is 2.43. The molecule has 2 aromatic carbocycles. The van der Waals surface area contributed by atoms with Gasteiger partial charge in [0.15, 0.2) is 0 Å². The number of benzene rings is 2. The number of rotatable bonds is 7. The van der Waals surface area contributed by atoms with E-state index in [0.717, 1.165) is 53.3 Å². The van der Waals surface area contributed by atoms with Gasteiger partial charge in [0.1, 0.15) is 17.0 Å². The molecule has 3 N–H and O–H groups in total. The number of fused-ring (bicyclic) bond motifs is 1. The highest BCUT2D eigenvalue weighted by atomic mass is 35.5. The Balaban J connectivity index is 1.41. The van der Waals surface area contributed by atoms with Crippen molar-refractivity contribution in [2.75, 3.05) is 20.3 Å². The lowest BCUT2D eigenvalue weighted by molar-refractivity contribution is -0.140. The number of amides is 1. The molecule has 0 spiro atoms. The molecule has 5 rings (SSSR count). The van der Waals surface area contributed by atoms with Gasteiger partial charge in [-0.3, -0.25) is 9.59 Å². The van der Waals surface area contributed by atoms with Crippen LogP contribution in [0.15, 0.2) is 36.4 Å². The summed E-state index contributed by atoms with van der Waals surface area (Å²) in [5.41, 5.74) is 2.97. The van der Waals surface area contributed by atoms with Crippen molar-refractivity contribution >= 4 is 34.4 Å². The van der Waals surface area contributed by atoms with Crippen LogP contribution < -0.4 is 10.1 Å². The number of carbonyl (C=O) groups is 2. The molecule has 1 aliphatic carbocycles. The lowest BCUT2D eigenvalue weighted by Gasteiger charge is -2.42. The van der Waals surface area contributed by atoms with Gasteiger partial charge in [-0.15, -0.1) is 0 Å². The van der Waals surface area contributed by atoms with Crippen LogP contribution in [-0.4, -0.2) is 42.3 Å². The summed E-state index contributed by atoms with van der Waals surface area (Å²) in [6.45, 7) is 2.54. The van der Waals surface area contributed by atoms with Gasteiger partial charge in [0, 0.05) is 10.9 Å². The van der Waals surface area contributed by atoms with Gasteiger partial charge in [0.25, 0.3) is 5.91 Å². The molecule has 7 nitrogen and oxygen atoms in total. The lowest BCUT2D eigenvalue weighted by atomic mass is 9.82. The van der Waals surface area contributed by atoms with E-state index in [2.05, 4.69) is 10.3 Å². The molecule has 184 valence electrons. The van der Waals surface area contributed by atoms with Crippen LogP contribution in [0.5, 0.6) is 5.75 Å². The highest BCUT2D eigenvalue weighted by Crippen LogP contribution is 2.39. The second-order valence-corrected chi connectivity index (χ2v) is 10.0. The predicted molar refractivity (Wildman–Crippen MR) is 133 cm³/mol. The molecule has 1 unspecified atom stereocenters. The number of carboxylic acid groups (broad SMARTS) is 1. The first-order valence-corrected chi connectivity index (χ1v) is 12.3.